The Labute approximate surface area is 206 Å². The van der Waals surface area contributed by atoms with Gasteiger partial charge in [-0.1, -0.05) is 50.2 Å². The molecule has 0 radical (unpaired) electrons. The molecule has 0 aliphatic carbocycles. The molecule has 7 nitrogen and oxygen atoms in total. The SMILES string of the molecule is CC[C@@H](CC(=O)c1cc(C(=O)N[C@H](CC)c2ccccc2)c2n1CCOC2)c1cccc(OC)n1. The molecule has 1 aliphatic rings. The van der Waals surface area contributed by atoms with Crippen molar-refractivity contribution in [3.05, 3.63) is 82.8 Å². The molecule has 7 heteroatoms. The van der Waals surface area contributed by atoms with Gasteiger partial charge in [0.1, 0.15) is 0 Å². The zero-order valence-corrected chi connectivity index (χ0v) is 20.6. The predicted octanol–water partition coefficient (Wildman–Crippen LogP) is 5.07. The number of methoxy groups -OCH3 is 1. The summed E-state index contributed by atoms with van der Waals surface area (Å²) in [6.07, 6.45) is 1.84. The molecular weight excluding hydrogens is 442 g/mol. The van der Waals surface area contributed by atoms with Crippen LogP contribution < -0.4 is 10.1 Å². The number of ketones is 1. The van der Waals surface area contributed by atoms with Gasteiger partial charge in [-0.15, -0.1) is 0 Å². The van der Waals surface area contributed by atoms with Crippen LogP contribution >= 0.6 is 0 Å². The lowest BCUT2D eigenvalue weighted by atomic mass is 9.94. The third-order valence-corrected chi connectivity index (χ3v) is 6.65. The normalized spacial score (nSPS) is 14.6. The molecule has 184 valence electrons. The Kier molecular flexibility index (Phi) is 7.98. The lowest BCUT2D eigenvalue weighted by molar-refractivity contribution is 0.0780. The molecule has 4 rings (SSSR count). The Bertz CT molecular complexity index is 1170. The van der Waals surface area contributed by atoms with E-state index < -0.39 is 0 Å². The van der Waals surface area contributed by atoms with Gasteiger partial charge >= 0.3 is 0 Å². The van der Waals surface area contributed by atoms with Crippen molar-refractivity contribution in [1.29, 1.82) is 0 Å². The van der Waals surface area contributed by atoms with E-state index in [4.69, 9.17) is 9.47 Å². The fraction of sp³-hybridized carbons (Fsp3) is 0.393. The van der Waals surface area contributed by atoms with E-state index in [1.807, 2.05) is 60.9 Å². The molecule has 0 spiro atoms. The van der Waals surface area contributed by atoms with Crippen LogP contribution in [0.3, 0.4) is 0 Å². The number of nitrogens with zero attached hydrogens (tertiary/aromatic N) is 2. The summed E-state index contributed by atoms with van der Waals surface area (Å²) in [4.78, 5) is 31.4. The van der Waals surface area contributed by atoms with Crippen LogP contribution in [0.4, 0.5) is 0 Å². The van der Waals surface area contributed by atoms with Gasteiger partial charge in [0, 0.05) is 30.6 Å². The van der Waals surface area contributed by atoms with Gasteiger partial charge in [0.25, 0.3) is 5.91 Å². The quantitative estimate of drug-likeness (QED) is 0.414. The zero-order chi connectivity index (χ0) is 24.8. The van der Waals surface area contributed by atoms with Gasteiger partial charge in [0.15, 0.2) is 5.78 Å². The fourth-order valence-electron chi connectivity index (χ4n) is 4.65. The molecular formula is C28H33N3O4. The Morgan fingerprint density at radius 3 is 2.63 bits per heavy atom. The fourth-order valence-corrected chi connectivity index (χ4v) is 4.65. The van der Waals surface area contributed by atoms with Crippen LogP contribution in [0.5, 0.6) is 5.88 Å². The lowest BCUT2D eigenvalue weighted by Gasteiger charge is -2.21. The molecule has 0 unspecified atom stereocenters. The number of hydrogen-bond donors (Lipinski definition) is 1. The predicted molar refractivity (Wildman–Crippen MR) is 134 cm³/mol. The van der Waals surface area contributed by atoms with Gasteiger partial charge in [-0.05, 0) is 30.5 Å². The number of rotatable bonds is 10. The monoisotopic (exact) mass is 475 g/mol. The van der Waals surface area contributed by atoms with Gasteiger partial charge in [-0.3, -0.25) is 9.59 Å². The molecule has 3 heterocycles. The highest BCUT2D eigenvalue weighted by Gasteiger charge is 2.28. The number of pyridine rings is 1. The zero-order valence-electron chi connectivity index (χ0n) is 20.6. The number of nitrogens with one attached hydrogen (secondary N) is 1. The Balaban J connectivity index is 1.58. The third-order valence-electron chi connectivity index (χ3n) is 6.65. The number of benzene rings is 1. The molecule has 35 heavy (non-hydrogen) atoms. The highest BCUT2D eigenvalue weighted by atomic mass is 16.5. The summed E-state index contributed by atoms with van der Waals surface area (Å²) in [5.41, 5.74) is 3.71. The summed E-state index contributed by atoms with van der Waals surface area (Å²) in [7, 11) is 1.58. The molecule has 1 amide bonds. The van der Waals surface area contributed by atoms with Crippen molar-refractivity contribution >= 4 is 11.7 Å². The number of aromatic nitrogens is 2. The molecule has 1 aliphatic heterocycles. The number of ether oxygens (including phenoxy) is 2. The van der Waals surface area contributed by atoms with E-state index in [9.17, 15) is 9.59 Å². The van der Waals surface area contributed by atoms with Crippen LogP contribution in [0.1, 0.15) is 82.9 Å². The largest absolute Gasteiger partial charge is 0.481 e. The first-order chi connectivity index (χ1) is 17.0. The highest BCUT2D eigenvalue weighted by molar-refractivity contribution is 6.01. The second kappa shape index (κ2) is 11.3. The topological polar surface area (TPSA) is 82.5 Å². The Hall–Kier alpha value is -3.45. The highest BCUT2D eigenvalue weighted by Crippen LogP contribution is 2.28. The molecule has 3 aromatic rings. The summed E-state index contributed by atoms with van der Waals surface area (Å²) in [5, 5.41) is 3.15. The average molecular weight is 476 g/mol. The lowest BCUT2D eigenvalue weighted by Crippen LogP contribution is -2.29. The molecule has 0 fully saturated rings. The summed E-state index contributed by atoms with van der Waals surface area (Å²) >= 11 is 0. The minimum atomic E-state index is -0.185. The number of amides is 1. The van der Waals surface area contributed by atoms with E-state index in [0.29, 0.717) is 43.3 Å². The molecule has 1 N–H and O–H groups in total. The smallest absolute Gasteiger partial charge is 0.253 e. The maximum atomic E-state index is 13.5. The maximum absolute atomic E-state index is 13.5. The molecule has 2 atom stereocenters. The van der Waals surface area contributed by atoms with Gasteiger partial charge in [0.2, 0.25) is 5.88 Å². The van der Waals surface area contributed by atoms with Crippen LogP contribution in [0.25, 0.3) is 0 Å². The molecule has 1 aromatic carbocycles. The van der Waals surface area contributed by atoms with Crippen molar-refractivity contribution in [3.8, 4) is 5.88 Å². The average Bonchev–Trinajstić information content (AvgIpc) is 3.30. The van der Waals surface area contributed by atoms with Gasteiger partial charge < -0.3 is 19.4 Å². The van der Waals surface area contributed by atoms with Crippen LogP contribution in [-0.4, -0.2) is 35.0 Å². The van der Waals surface area contributed by atoms with Crippen molar-refractivity contribution in [2.45, 2.75) is 58.2 Å². The van der Waals surface area contributed by atoms with E-state index in [-0.39, 0.29) is 23.7 Å². The van der Waals surface area contributed by atoms with Gasteiger partial charge in [-0.25, -0.2) is 4.98 Å². The van der Waals surface area contributed by atoms with Crippen molar-refractivity contribution in [3.63, 3.8) is 0 Å². The first kappa shape index (κ1) is 24.7. The number of Topliss-reactive ketones (excluding diaryl/α,β-unsaturated/α-hetero) is 1. The first-order valence-electron chi connectivity index (χ1n) is 12.3. The van der Waals surface area contributed by atoms with Crippen LogP contribution in [0, 0.1) is 0 Å². The summed E-state index contributed by atoms with van der Waals surface area (Å²) in [5.74, 6) is 0.311. The number of carbonyl (C=O) groups excluding carboxylic acids is 2. The summed E-state index contributed by atoms with van der Waals surface area (Å²) < 4.78 is 12.9. The molecule has 0 saturated heterocycles. The van der Waals surface area contributed by atoms with Crippen molar-refractivity contribution < 1.29 is 19.1 Å². The number of hydrogen-bond acceptors (Lipinski definition) is 5. The summed E-state index contributed by atoms with van der Waals surface area (Å²) in [6.45, 7) is 5.47. The molecule has 0 saturated carbocycles. The van der Waals surface area contributed by atoms with E-state index in [2.05, 4.69) is 10.3 Å². The van der Waals surface area contributed by atoms with E-state index in [1.54, 1.807) is 19.2 Å². The van der Waals surface area contributed by atoms with Crippen molar-refractivity contribution in [2.24, 2.45) is 0 Å². The molecule has 2 aromatic heterocycles. The van der Waals surface area contributed by atoms with Crippen LogP contribution in [0.2, 0.25) is 0 Å². The Morgan fingerprint density at radius 2 is 1.91 bits per heavy atom. The minimum Gasteiger partial charge on any atom is -0.481 e. The Morgan fingerprint density at radius 1 is 1.11 bits per heavy atom. The van der Waals surface area contributed by atoms with Crippen LogP contribution in [0.15, 0.2) is 54.6 Å². The minimum absolute atomic E-state index is 0.00114. The van der Waals surface area contributed by atoms with Crippen LogP contribution in [-0.2, 0) is 17.9 Å². The number of carbonyl (C=O) groups is 2. The summed E-state index contributed by atoms with van der Waals surface area (Å²) in [6, 6.07) is 17.2. The van der Waals surface area contributed by atoms with E-state index >= 15 is 0 Å². The van der Waals surface area contributed by atoms with Crippen molar-refractivity contribution in [2.75, 3.05) is 13.7 Å². The number of fused-ring (bicyclic) bond motifs is 1. The first-order valence-corrected chi connectivity index (χ1v) is 12.3. The van der Waals surface area contributed by atoms with E-state index in [1.165, 1.54) is 0 Å². The maximum Gasteiger partial charge on any atom is 0.253 e. The molecule has 0 bridgehead atoms. The van der Waals surface area contributed by atoms with Crippen molar-refractivity contribution in [1.82, 2.24) is 14.9 Å². The van der Waals surface area contributed by atoms with Gasteiger partial charge in [0.05, 0.1) is 43.3 Å². The standard InChI is InChI=1S/C28H33N3O4/c1-4-19(23-12-9-13-27(29-23)34-3)16-26(32)24-17-21(25-18-35-15-14-31(24)25)28(33)30-22(5-2)20-10-7-6-8-11-20/h6-13,17,19,22H,4-5,14-16,18H2,1-3H3,(H,30,33)/t19-,22+/m0/s1. The second-order valence-electron chi connectivity index (χ2n) is 8.78. The second-order valence-corrected chi connectivity index (χ2v) is 8.78. The third kappa shape index (κ3) is 5.46. The van der Waals surface area contributed by atoms with E-state index in [0.717, 1.165) is 29.8 Å². The van der Waals surface area contributed by atoms with Gasteiger partial charge in [-0.2, -0.15) is 0 Å².